The van der Waals surface area contributed by atoms with Crippen molar-refractivity contribution in [2.45, 2.75) is 91.9 Å². The summed E-state index contributed by atoms with van der Waals surface area (Å²) < 4.78 is 10.9. The van der Waals surface area contributed by atoms with Gasteiger partial charge in [-0.25, -0.2) is 0 Å². The second-order valence-corrected chi connectivity index (χ2v) is 15.4. The lowest BCUT2D eigenvalue weighted by atomic mass is 9.35. The van der Waals surface area contributed by atoms with Crippen molar-refractivity contribution in [1.29, 1.82) is 0 Å². The van der Waals surface area contributed by atoms with Crippen molar-refractivity contribution in [3.63, 3.8) is 0 Å². The van der Waals surface area contributed by atoms with Gasteiger partial charge in [0.1, 0.15) is 5.41 Å². The average molecular weight is 556 g/mol. The number of carbonyl (C=O) groups is 3. The zero-order chi connectivity index (χ0) is 28.3. The second-order valence-electron chi connectivity index (χ2n) is 15.1. The molecule has 6 rings (SSSR count). The monoisotopic (exact) mass is 555 g/mol. The number of hydrogen-bond donors (Lipinski definition) is 0. The SMILES string of the molecule is COC(=O)[C@@H]1CC(C)(C)C[C@@H]2C1CC[C@]1(C)[C@@H]2C(=O)C=C2[C@@]3(C)Cc4cnoc4[C@@](C)(C(=O)Cl)[C@@H]3CC[C@]21C. The van der Waals surface area contributed by atoms with E-state index in [4.69, 9.17) is 20.9 Å². The first-order valence-electron chi connectivity index (χ1n) is 14.6. The first-order valence-corrected chi connectivity index (χ1v) is 15.0. The van der Waals surface area contributed by atoms with Gasteiger partial charge in [0.15, 0.2) is 11.5 Å². The summed E-state index contributed by atoms with van der Waals surface area (Å²) in [5.74, 6) is 0.589. The van der Waals surface area contributed by atoms with Gasteiger partial charge < -0.3 is 9.26 Å². The molecule has 3 fully saturated rings. The van der Waals surface area contributed by atoms with Gasteiger partial charge in [-0.05, 0) is 109 Å². The van der Waals surface area contributed by atoms with Crippen molar-refractivity contribution >= 4 is 28.6 Å². The topological polar surface area (TPSA) is 86.5 Å². The van der Waals surface area contributed by atoms with E-state index >= 15 is 0 Å². The van der Waals surface area contributed by atoms with Gasteiger partial charge in [0.25, 0.3) is 0 Å². The van der Waals surface area contributed by atoms with E-state index < -0.39 is 16.1 Å². The number of aromatic nitrogens is 1. The Kier molecular flexibility index (Phi) is 5.79. The van der Waals surface area contributed by atoms with Crippen LogP contribution in [0.25, 0.3) is 0 Å². The van der Waals surface area contributed by atoms with Gasteiger partial charge in [0.2, 0.25) is 5.24 Å². The Labute approximate surface area is 236 Å². The molecule has 6 nitrogen and oxygen atoms in total. The maximum absolute atomic E-state index is 14.4. The van der Waals surface area contributed by atoms with E-state index in [9.17, 15) is 14.4 Å². The molecule has 0 spiro atoms. The third-order valence-electron chi connectivity index (χ3n) is 12.8. The lowest BCUT2D eigenvalue weighted by Crippen LogP contribution is -2.65. The fraction of sp³-hybridized carbons (Fsp3) is 0.750. The van der Waals surface area contributed by atoms with E-state index in [1.807, 2.05) is 13.0 Å². The Morgan fingerprint density at radius 3 is 2.44 bits per heavy atom. The fourth-order valence-electron chi connectivity index (χ4n) is 10.9. The molecule has 7 heteroatoms. The highest BCUT2D eigenvalue weighted by atomic mass is 35.5. The van der Waals surface area contributed by atoms with E-state index in [1.54, 1.807) is 6.20 Å². The standard InChI is InChI=1S/C32H42ClNO5/c1-28(2)14-19-18(20(15-28)26(36)38-7)8-10-31(5)24(19)21(35)12-23-29(3)13-17-16-34-39-25(17)32(6,27(33)37)22(29)9-11-30(23,31)4/h12,16,18-20,22,24H,8-11,13-15H2,1-7H3/t18?,19-,20-,22-,24+,29+,30-,31-,32+/m1/s1. The summed E-state index contributed by atoms with van der Waals surface area (Å²) in [6.45, 7) is 13.3. The van der Waals surface area contributed by atoms with Crippen molar-refractivity contribution in [3.05, 3.63) is 29.2 Å². The molecule has 1 heterocycles. The Balaban J connectivity index is 1.48. The van der Waals surface area contributed by atoms with Crippen LogP contribution in [0.4, 0.5) is 0 Å². The quantitative estimate of drug-likeness (QED) is 0.308. The second kappa shape index (κ2) is 8.30. The van der Waals surface area contributed by atoms with Crippen molar-refractivity contribution < 1.29 is 23.6 Å². The molecule has 9 atom stereocenters. The number of halogens is 1. The Hall–Kier alpha value is -1.95. The van der Waals surface area contributed by atoms with Crippen LogP contribution in [0.2, 0.25) is 0 Å². The van der Waals surface area contributed by atoms with Crippen LogP contribution in [0.15, 0.2) is 22.4 Å². The molecule has 5 aliphatic carbocycles. The molecule has 0 aromatic carbocycles. The Morgan fingerprint density at radius 1 is 1.05 bits per heavy atom. The molecule has 0 saturated heterocycles. The highest BCUT2D eigenvalue weighted by Crippen LogP contribution is 2.73. The molecule has 1 unspecified atom stereocenters. The van der Waals surface area contributed by atoms with Crippen LogP contribution in [-0.4, -0.2) is 29.3 Å². The summed E-state index contributed by atoms with van der Waals surface area (Å²) in [6.07, 6.45) is 9.64. The zero-order valence-corrected chi connectivity index (χ0v) is 25.1. The molecule has 0 N–H and O–H groups in total. The van der Waals surface area contributed by atoms with E-state index in [0.29, 0.717) is 12.2 Å². The van der Waals surface area contributed by atoms with Crippen LogP contribution >= 0.6 is 11.6 Å². The number of esters is 1. The summed E-state index contributed by atoms with van der Waals surface area (Å²) >= 11 is 6.34. The lowest BCUT2D eigenvalue weighted by Gasteiger charge is -2.68. The smallest absolute Gasteiger partial charge is 0.308 e. The molecule has 212 valence electrons. The van der Waals surface area contributed by atoms with Crippen LogP contribution in [0.3, 0.4) is 0 Å². The summed E-state index contributed by atoms with van der Waals surface area (Å²) in [5, 5.41) is 3.64. The molecule has 3 saturated carbocycles. The number of nitrogens with zero attached hydrogens (tertiary/aromatic N) is 1. The lowest BCUT2D eigenvalue weighted by molar-refractivity contribution is -0.172. The van der Waals surface area contributed by atoms with Crippen LogP contribution in [0.5, 0.6) is 0 Å². The summed E-state index contributed by atoms with van der Waals surface area (Å²) in [7, 11) is 1.48. The first kappa shape index (κ1) is 27.2. The summed E-state index contributed by atoms with van der Waals surface area (Å²) in [6, 6.07) is 0. The molecule has 1 aromatic rings. The predicted molar refractivity (Wildman–Crippen MR) is 147 cm³/mol. The van der Waals surface area contributed by atoms with E-state index in [0.717, 1.165) is 44.1 Å². The van der Waals surface area contributed by atoms with Crippen LogP contribution in [0, 0.1) is 51.2 Å². The number of methoxy groups -OCH3 is 1. The first-order chi connectivity index (χ1) is 18.1. The van der Waals surface area contributed by atoms with Gasteiger partial charge in [-0.3, -0.25) is 14.4 Å². The Morgan fingerprint density at radius 2 is 1.77 bits per heavy atom. The molecule has 0 aliphatic heterocycles. The fourth-order valence-corrected chi connectivity index (χ4v) is 11.2. The van der Waals surface area contributed by atoms with Crippen molar-refractivity contribution in [2.24, 2.45) is 51.2 Å². The predicted octanol–water partition coefficient (Wildman–Crippen LogP) is 6.44. The Bertz CT molecular complexity index is 1300. The molecular formula is C32H42ClNO5. The van der Waals surface area contributed by atoms with Gasteiger partial charge in [-0.1, -0.05) is 45.3 Å². The maximum atomic E-state index is 14.4. The maximum Gasteiger partial charge on any atom is 0.308 e. The minimum absolute atomic E-state index is 0.0380. The van der Waals surface area contributed by atoms with Crippen LogP contribution in [0.1, 0.15) is 91.4 Å². The van der Waals surface area contributed by atoms with Gasteiger partial charge in [-0.15, -0.1) is 0 Å². The minimum Gasteiger partial charge on any atom is -0.469 e. The van der Waals surface area contributed by atoms with Crippen molar-refractivity contribution in [3.8, 4) is 0 Å². The van der Waals surface area contributed by atoms with Crippen molar-refractivity contribution in [2.75, 3.05) is 7.11 Å². The minimum atomic E-state index is -0.998. The largest absolute Gasteiger partial charge is 0.469 e. The van der Waals surface area contributed by atoms with Crippen LogP contribution in [-0.2, 0) is 31.0 Å². The number of ether oxygens (including phenoxy) is 1. The van der Waals surface area contributed by atoms with Crippen LogP contribution < -0.4 is 0 Å². The highest BCUT2D eigenvalue weighted by molar-refractivity contribution is 6.65. The third kappa shape index (κ3) is 3.33. The molecular weight excluding hydrogens is 514 g/mol. The molecule has 1 aromatic heterocycles. The number of ketones is 1. The van der Waals surface area contributed by atoms with Crippen molar-refractivity contribution in [1.82, 2.24) is 5.16 Å². The number of carbonyl (C=O) groups excluding carboxylic acids is 3. The van der Waals surface area contributed by atoms with E-state index in [1.165, 1.54) is 12.7 Å². The summed E-state index contributed by atoms with van der Waals surface area (Å²) in [5.41, 5.74) is 0.165. The van der Waals surface area contributed by atoms with E-state index in [-0.39, 0.29) is 57.6 Å². The number of rotatable bonds is 2. The zero-order valence-electron chi connectivity index (χ0n) is 24.4. The molecule has 0 radical (unpaired) electrons. The molecule has 0 bridgehead atoms. The van der Waals surface area contributed by atoms with Gasteiger partial charge in [0, 0.05) is 11.5 Å². The van der Waals surface area contributed by atoms with Gasteiger partial charge >= 0.3 is 5.97 Å². The normalized spacial score (nSPS) is 46.0. The number of allylic oxidation sites excluding steroid dienone is 2. The van der Waals surface area contributed by atoms with Gasteiger partial charge in [-0.2, -0.15) is 0 Å². The molecule has 0 amide bonds. The summed E-state index contributed by atoms with van der Waals surface area (Å²) in [4.78, 5) is 40.4. The van der Waals surface area contributed by atoms with E-state index in [2.05, 4.69) is 39.8 Å². The number of hydrogen-bond acceptors (Lipinski definition) is 6. The molecule has 5 aliphatic rings. The average Bonchev–Trinajstić information content (AvgIpc) is 3.32. The third-order valence-corrected chi connectivity index (χ3v) is 13.2. The molecule has 39 heavy (non-hydrogen) atoms. The number of fused-ring (bicyclic) bond motifs is 8. The van der Waals surface area contributed by atoms with Gasteiger partial charge in [0.05, 0.1) is 19.2 Å². The highest BCUT2D eigenvalue weighted by Gasteiger charge is 2.70.